The van der Waals surface area contributed by atoms with Gasteiger partial charge in [-0.3, -0.25) is 0 Å². The molecule has 0 aliphatic carbocycles. The highest BCUT2D eigenvalue weighted by Crippen LogP contribution is 2.45. The molecule has 5 heteroatoms. The minimum atomic E-state index is -4.06. The molecule has 1 nitrogen and oxygen atoms in total. The van der Waals surface area contributed by atoms with E-state index in [-0.39, 0.29) is 5.56 Å². The summed E-state index contributed by atoms with van der Waals surface area (Å²) in [4.78, 5) is 0. The second-order valence-corrected chi connectivity index (χ2v) is 3.18. The van der Waals surface area contributed by atoms with E-state index in [9.17, 15) is 13.2 Å². The topological polar surface area (TPSA) is 9.23 Å². The van der Waals surface area contributed by atoms with Crippen molar-refractivity contribution in [3.8, 4) is 0 Å². The van der Waals surface area contributed by atoms with Crippen LogP contribution in [-0.2, 0) is 9.86 Å². The van der Waals surface area contributed by atoms with Crippen LogP contribution in [0.15, 0.2) is 30.3 Å². The number of alkyl halides is 4. The quantitative estimate of drug-likeness (QED) is 0.716. The highest BCUT2D eigenvalue weighted by atomic mass is 35.5. The van der Waals surface area contributed by atoms with E-state index in [1.165, 1.54) is 24.3 Å². The van der Waals surface area contributed by atoms with Crippen molar-refractivity contribution in [2.45, 2.75) is 11.2 Å². The Balaban J connectivity index is 3.08. The molecule has 0 saturated carbocycles. The van der Waals surface area contributed by atoms with E-state index in [1.54, 1.807) is 6.07 Å². The zero-order valence-corrected chi connectivity index (χ0v) is 8.06. The average Bonchev–Trinajstić information content (AvgIpc) is 2.19. The van der Waals surface area contributed by atoms with Gasteiger partial charge in [0.25, 0.3) is 5.13 Å². The molecule has 1 aromatic rings. The Morgan fingerprint density at radius 1 is 1.14 bits per heavy atom. The van der Waals surface area contributed by atoms with Crippen LogP contribution in [0.5, 0.6) is 0 Å². The van der Waals surface area contributed by atoms with Crippen LogP contribution in [-0.4, -0.2) is 13.2 Å². The standard InChI is InChI=1S/C9H8ClF3O/c1-14-9(12,13)8(10,11)7-5-3-2-4-6-7/h2-6H,1H3. The molecule has 0 aromatic heterocycles. The number of methoxy groups -OCH3 is 1. The van der Waals surface area contributed by atoms with Gasteiger partial charge in [0, 0.05) is 12.7 Å². The first-order chi connectivity index (χ1) is 6.42. The molecule has 0 radical (unpaired) electrons. The lowest BCUT2D eigenvalue weighted by molar-refractivity contribution is -0.276. The fourth-order valence-electron chi connectivity index (χ4n) is 0.944. The molecule has 0 fully saturated rings. The molecule has 0 spiro atoms. The molecule has 1 unspecified atom stereocenters. The first kappa shape index (κ1) is 11.3. The Kier molecular flexibility index (Phi) is 3.07. The number of halogens is 4. The summed E-state index contributed by atoms with van der Waals surface area (Å²) in [6.45, 7) is 0. The van der Waals surface area contributed by atoms with Crippen molar-refractivity contribution in [1.29, 1.82) is 0 Å². The fraction of sp³-hybridized carbons (Fsp3) is 0.333. The Morgan fingerprint density at radius 2 is 1.64 bits per heavy atom. The molecule has 1 atom stereocenters. The van der Waals surface area contributed by atoms with Gasteiger partial charge < -0.3 is 4.74 Å². The van der Waals surface area contributed by atoms with Crippen LogP contribution in [0.4, 0.5) is 13.2 Å². The Morgan fingerprint density at radius 3 is 2.07 bits per heavy atom. The normalized spacial score (nSPS) is 16.4. The lowest BCUT2D eigenvalue weighted by atomic mass is 10.1. The van der Waals surface area contributed by atoms with Gasteiger partial charge >= 0.3 is 6.11 Å². The highest BCUT2D eigenvalue weighted by Gasteiger charge is 2.56. The smallest absolute Gasteiger partial charge is 0.320 e. The maximum absolute atomic E-state index is 13.5. The summed E-state index contributed by atoms with van der Waals surface area (Å²) in [6, 6.07) is 6.73. The van der Waals surface area contributed by atoms with Gasteiger partial charge in [0.05, 0.1) is 0 Å². The second kappa shape index (κ2) is 3.79. The summed E-state index contributed by atoms with van der Waals surface area (Å²) in [5.74, 6) is 0. The minimum absolute atomic E-state index is 0.339. The van der Waals surface area contributed by atoms with Gasteiger partial charge in [-0.1, -0.05) is 41.9 Å². The first-order valence-corrected chi connectivity index (χ1v) is 4.16. The predicted octanol–water partition coefficient (Wildman–Crippen LogP) is 3.29. The van der Waals surface area contributed by atoms with Gasteiger partial charge in [-0.2, -0.15) is 8.78 Å². The van der Waals surface area contributed by atoms with Crippen molar-refractivity contribution in [3.05, 3.63) is 35.9 Å². The molecule has 0 aliphatic rings. The monoisotopic (exact) mass is 224 g/mol. The predicted molar refractivity (Wildman–Crippen MR) is 47.0 cm³/mol. The van der Waals surface area contributed by atoms with E-state index in [0.717, 1.165) is 0 Å². The summed E-state index contributed by atoms with van der Waals surface area (Å²) in [5, 5.41) is -3.34. The first-order valence-electron chi connectivity index (χ1n) is 3.78. The Bertz CT molecular complexity index is 300. The van der Waals surface area contributed by atoms with Crippen LogP contribution in [0.3, 0.4) is 0 Å². The Labute approximate surface area is 84.4 Å². The average molecular weight is 225 g/mol. The van der Waals surface area contributed by atoms with Gasteiger partial charge in [0.1, 0.15) is 0 Å². The molecule has 1 rings (SSSR count). The third kappa shape index (κ3) is 1.86. The number of hydrogen-bond donors (Lipinski definition) is 0. The van der Waals surface area contributed by atoms with Gasteiger partial charge in [-0.15, -0.1) is 0 Å². The van der Waals surface area contributed by atoms with Crippen LogP contribution in [0, 0.1) is 0 Å². The molecule has 1 aromatic carbocycles. The zero-order chi connectivity index (χ0) is 10.8. The lowest BCUT2D eigenvalue weighted by Gasteiger charge is -2.26. The molecule has 0 bridgehead atoms. The summed E-state index contributed by atoms with van der Waals surface area (Å²) in [7, 11) is 0.694. The summed E-state index contributed by atoms with van der Waals surface area (Å²) >= 11 is 5.11. The van der Waals surface area contributed by atoms with Crippen LogP contribution in [0.1, 0.15) is 5.56 Å². The van der Waals surface area contributed by atoms with E-state index in [2.05, 4.69) is 4.74 Å². The van der Waals surface area contributed by atoms with Gasteiger partial charge in [0.15, 0.2) is 0 Å². The number of benzene rings is 1. The van der Waals surface area contributed by atoms with Crippen molar-refractivity contribution >= 4 is 11.6 Å². The van der Waals surface area contributed by atoms with Crippen molar-refractivity contribution in [2.24, 2.45) is 0 Å². The molecule has 78 valence electrons. The molecule has 0 aliphatic heterocycles. The minimum Gasteiger partial charge on any atom is -0.320 e. The van der Waals surface area contributed by atoms with Crippen LogP contribution in [0.2, 0.25) is 0 Å². The lowest BCUT2D eigenvalue weighted by Crippen LogP contribution is -2.38. The van der Waals surface area contributed by atoms with E-state index < -0.39 is 11.2 Å². The van der Waals surface area contributed by atoms with Crippen molar-refractivity contribution in [2.75, 3.05) is 7.11 Å². The zero-order valence-electron chi connectivity index (χ0n) is 7.31. The van der Waals surface area contributed by atoms with E-state index in [4.69, 9.17) is 11.6 Å². The molecule has 0 heterocycles. The fourth-order valence-corrected chi connectivity index (χ4v) is 1.15. The third-order valence-electron chi connectivity index (χ3n) is 1.76. The maximum Gasteiger partial charge on any atom is 0.407 e. The van der Waals surface area contributed by atoms with Gasteiger partial charge in [-0.05, 0) is 0 Å². The molecule has 14 heavy (non-hydrogen) atoms. The van der Waals surface area contributed by atoms with Crippen molar-refractivity contribution in [3.63, 3.8) is 0 Å². The van der Waals surface area contributed by atoms with Crippen molar-refractivity contribution < 1.29 is 17.9 Å². The van der Waals surface area contributed by atoms with Crippen LogP contribution in [0.25, 0.3) is 0 Å². The van der Waals surface area contributed by atoms with E-state index in [1.807, 2.05) is 0 Å². The highest BCUT2D eigenvalue weighted by molar-refractivity contribution is 6.23. The number of ether oxygens (including phenoxy) is 1. The molecule has 0 amide bonds. The summed E-state index contributed by atoms with van der Waals surface area (Å²) in [5.41, 5.74) is -0.339. The van der Waals surface area contributed by atoms with Crippen LogP contribution >= 0.6 is 11.6 Å². The van der Waals surface area contributed by atoms with Crippen molar-refractivity contribution in [1.82, 2.24) is 0 Å². The summed E-state index contributed by atoms with van der Waals surface area (Å²) in [6.07, 6.45) is -4.06. The SMILES string of the molecule is COC(F)(F)C(F)(Cl)c1ccccc1. The summed E-state index contributed by atoms with van der Waals surface area (Å²) < 4.78 is 43.0. The van der Waals surface area contributed by atoms with Crippen LogP contribution < -0.4 is 0 Å². The number of hydrogen-bond acceptors (Lipinski definition) is 1. The molecule has 0 N–H and O–H groups in total. The number of rotatable bonds is 3. The second-order valence-electron chi connectivity index (χ2n) is 2.66. The molecule has 0 saturated heterocycles. The Hall–Kier alpha value is -0.740. The largest absolute Gasteiger partial charge is 0.407 e. The van der Waals surface area contributed by atoms with Gasteiger partial charge in [-0.25, -0.2) is 4.39 Å². The van der Waals surface area contributed by atoms with E-state index >= 15 is 0 Å². The third-order valence-corrected chi connectivity index (χ3v) is 2.20. The molecular formula is C9H8ClF3O. The van der Waals surface area contributed by atoms with E-state index in [0.29, 0.717) is 7.11 Å². The molecular weight excluding hydrogens is 217 g/mol. The maximum atomic E-state index is 13.5. The van der Waals surface area contributed by atoms with Gasteiger partial charge in [0.2, 0.25) is 0 Å².